The van der Waals surface area contributed by atoms with E-state index >= 15 is 0 Å². The molecule has 3 aromatic rings. The molecule has 0 unspecified atom stereocenters. The van der Waals surface area contributed by atoms with Gasteiger partial charge in [0.25, 0.3) is 5.91 Å². The Labute approximate surface area is 176 Å². The fraction of sp³-hybridized carbons (Fsp3) is 0.348. The zero-order chi connectivity index (χ0) is 21.1. The number of nitrogens with one attached hydrogen (secondary N) is 3. The summed E-state index contributed by atoms with van der Waals surface area (Å²) in [7, 11) is 0. The number of carbonyl (C=O) groups excluding carboxylic acids is 1. The molecular formula is C23H27N5O2. The van der Waals surface area contributed by atoms with Crippen molar-refractivity contribution in [2.75, 3.05) is 11.9 Å². The topological polar surface area (TPSA) is 103 Å². The third kappa shape index (κ3) is 3.93. The number of benzene rings is 1. The largest absolute Gasteiger partial charge is 0.394 e. The lowest BCUT2D eigenvalue weighted by atomic mass is 9.98. The lowest BCUT2D eigenvalue weighted by Crippen LogP contribution is -2.49. The highest BCUT2D eigenvalue weighted by atomic mass is 16.3. The molecule has 0 radical (unpaired) electrons. The summed E-state index contributed by atoms with van der Waals surface area (Å²) in [4.78, 5) is 25.2. The van der Waals surface area contributed by atoms with Crippen LogP contribution < -0.4 is 10.6 Å². The molecule has 30 heavy (non-hydrogen) atoms. The van der Waals surface area contributed by atoms with Crippen molar-refractivity contribution < 1.29 is 9.90 Å². The van der Waals surface area contributed by atoms with Gasteiger partial charge in [0.2, 0.25) is 5.95 Å². The van der Waals surface area contributed by atoms with Crippen molar-refractivity contribution in [3.63, 3.8) is 0 Å². The Bertz CT molecular complexity index is 1040. The van der Waals surface area contributed by atoms with Crippen LogP contribution in [0, 0.1) is 13.8 Å². The van der Waals surface area contributed by atoms with Gasteiger partial charge in [0.1, 0.15) is 5.69 Å². The van der Waals surface area contributed by atoms with Crippen LogP contribution in [-0.2, 0) is 0 Å². The summed E-state index contributed by atoms with van der Waals surface area (Å²) in [5, 5.41) is 16.1. The molecule has 156 valence electrons. The van der Waals surface area contributed by atoms with Crippen LogP contribution >= 0.6 is 0 Å². The lowest BCUT2D eigenvalue weighted by Gasteiger charge is -2.27. The van der Waals surface area contributed by atoms with Crippen LogP contribution in [0.4, 0.5) is 11.6 Å². The van der Waals surface area contributed by atoms with Crippen molar-refractivity contribution in [1.29, 1.82) is 0 Å². The van der Waals surface area contributed by atoms with Gasteiger partial charge in [0.15, 0.2) is 0 Å². The first-order valence-electron chi connectivity index (χ1n) is 10.3. The zero-order valence-electron chi connectivity index (χ0n) is 17.3. The van der Waals surface area contributed by atoms with E-state index in [0.29, 0.717) is 11.6 Å². The Morgan fingerprint density at radius 1 is 1.17 bits per heavy atom. The highest BCUT2D eigenvalue weighted by molar-refractivity contribution is 5.97. The van der Waals surface area contributed by atoms with E-state index in [0.717, 1.165) is 53.9 Å². The normalized spacial score (nSPS) is 15.2. The number of para-hydroxylation sites is 1. The molecule has 2 aromatic heterocycles. The second-order valence-electron chi connectivity index (χ2n) is 7.98. The number of aromatic nitrogens is 3. The molecule has 4 rings (SSSR count). The Kier molecular flexibility index (Phi) is 5.55. The molecule has 2 heterocycles. The quantitative estimate of drug-likeness (QED) is 0.499. The Balaban J connectivity index is 1.61. The van der Waals surface area contributed by atoms with Crippen molar-refractivity contribution in [1.82, 2.24) is 20.3 Å². The molecule has 1 aromatic carbocycles. The van der Waals surface area contributed by atoms with Crippen LogP contribution in [-0.4, -0.2) is 38.1 Å². The summed E-state index contributed by atoms with van der Waals surface area (Å²) in [6, 6.07) is 11.6. The minimum Gasteiger partial charge on any atom is -0.394 e. The van der Waals surface area contributed by atoms with E-state index in [4.69, 9.17) is 0 Å². The third-order valence-electron chi connectivity index (χ3n) is 5.85. The molecular weight excluding hydrogens is 378 g/mol. The van der Waals surface area contributed by atoms with Gasteiger partial charge in [-0.25, -0.2) is 9.97 Å². The van der Waals surface area contributed by atoms with Gasteiger partial charge in [-0.3, -0.25) is 4.79 Å². The van der Waals surface area contributed by atoms with Crippen molar-refractivity contribution in [3.05, 3.63) is 59.5 Å². The maximum absolute atomic E-state index is 13.0. The van der Waals surface area contributed by atoms with Gasteiger partial charge in [-0.05, 0) is 50.5 Å². The van der Waals surface area contributed by atoms with E-state index in [1.807, 2.05) is 50.2 Å². The van der Waals surface area contributed by atoms with E-state index < -0.39 is 5.54 Å². The van der Waals surface area contributed by atoms with Crippen molar-refractivity contribution in [2.24, 2.45) is 0 Å². The molecule has 7 nitrogen and oxygen atoms in total. The molecule has 4 N–H and O–H groups in total. The van der Waals surface area contributed by atoms with Crippen molar-refractivity contribution >= 4 is 17.5 Å². The first-order chi connectivity index (χ1) is 14.5. The highest BCUT2D eigenvalue weighted by Crippen LogP contribution is 2.32. The summed E-state index contributed by atoms with van der Waals surface area (Å²) < 4.78 is 0. The number of amides is 1. The monoisotopic (exact) mass is 405 g/mol. The van der Waals surface area contributed by atoms with Crippen LogP contribution in [0.25, 0.3) is 11.3 Å². The van der Waals surface area contributed by atoms with Crippen LogP contribution in [0.1, 0.15) is 47.4 Å². The lowest BCUT2D eigenvalue weighted by molar-refractivity contribution is 0.0833. The van der Waals surface area contributed by atoms with Crippen molar-refractivity contribution in [3.8, 4) is 11.3 Å². The maximum atomic E-state index is 13.0. The molecule has 0 spiro atoms. The number of hydrogen-bond acceptors (Lipinski definition) is 5. The van der Waals surface area contributed by atoms with Gasteiger partial charge in [0, 0.05) is 23.1 Å². The number of carbonyl (C=O) groups is 1. The summed E-state index contributed by atoms with van der Waals surface area (Å²) in [6.07, 6.45) is 5.36. The molecule has 0 aliphatic heterocycles. The first kappa shape index (κ1) is 20.1. The van der Waals surface area contributed by atoms with Gasteiger partial charge in [-0.2, -0.15) is 0 Å². The molecule has 1 aliphatic carbocycles. The number of aliphatic hydroxyl groups excluding tert-OH is 1. The summed E-state index contributed by atoms with van der Waals surface area (Å²) in [6.45, 7) is 3.81. The van der Waals surface area contributed by atoms with E-state index in [9.17, 15) is 9.90 Å². The van der Waals surface area contributed by atoms with Crippen LogP contribution in [0.15, 0.2) is 42.6 Å². The molecule has 7 heteroatoms. The van der Waals surface area contributed by atoms with Crippen LogP contribution in [0.3, 0.4) is 0 Å². The second-order valence-corrected chi connectivity index (χ2v) is 7.98. The fourth-order valence-electron chi connectivity index (χ4n) is 4.25. The van der Waals surface area contributed by atoms with E-state index in [1.165, 1.54) is 0 Å². The predicted octanol–water partition coefficient (Wildman–Crippen LogP) is 3.87. The average molecular weight is 406 g/mol. The summed E-state index contributed by atoms with van der Waals surface area (Å²) in [5.41, 5.74) is 4.24. The van der Waals surface area contributed by atoms with E-state index in [-0.39, 0.29) is 12.5 Å². The number of nitrogens with zero attached hydrogens (tertiary/aromatic N) is 2. The minimum atomic E-state index is -0.510. The molecule has 0 saturated heterocycles. The predicted molar refractivity (Wildman–Crippen MR) is 117 cm³/mol. The average Bonchev–Trinajstić information content (AvgIpc) is 3.33. The zero-order valence-corrected chi connectivity index (χ0v) is 17.3. The minimum absolute atomic E-state index is 0.0369. The smallest absolute Gasteiger partial charge is 0.268 e. The maximum Gasteiger partial charge on any atom is 0.268 e. The number of hydrogen-bond donors (Lipinski definition) is 4. The number of aromatic amines is 1. The first-order valence-corrected chi connectivity index (χ1v) is 10.3. The summed E-state index contributed by atoms with van der Waals surface area (Å²) in [5.74, 6) is 0.310. The number of rotatable bonds is 6. The Morgan fingerprint density at radius 3 is 2.60 bits per heavy atom. The molecule has 1 aliphatic rings. The number of H-pyrrole nitrogens is 1. The van der Waals surface area contributed by atoms with E-state index in [1.54, 1.807) is 6.20 Å². The van der Waals surface area contributed by atoms with E-state index in [2.05, 4.69) is 25.6 Å². The number of aryl methyl sites for hydroxylation is 1. The second kappa shape index (κ2) is 8.28. The molecule has 1 saturated carbocycles. The summed E-state index contributed by atoms with van der Waals surface area (Å²) >= 11 is 0. The van der Waals surface area contributed by atoms with Gasteiger partial charge in [0.05, 0.1) is 17.8 Å². The number of aliphatic hydroxyl groups is 1. The number of anilines is 2. The molecule has 1 amide bonds. The fourth-order valence-corrected chi connectivity index (χ4v) is 4.25. The van der Waals surface area contributed by atoms with Gasteiger partial charge in [-0.15, -0.1) is 0 Å². The Hall–Kier alpha value is -3.19. The SMILES string of the molecule is Cc1[nH]c(C(=O)NC2(CO)CCCC2)c(C)c1-c1ccnc(Nc2ccccc2)n1. The molecule has 0 atom stereocenters. The van der Waals surface area contributed by atoms with Crippen molar-refractivity contribution in [2.45, 2.75) is 45.1 Å². The van der Waals surface area contributed by atoms with Crippen LogP contribution in [0.2, 0.25) is 0 Å². The highest BCUT2D eigenvalue weighted by Gasteiger charge is 2.35. The van der Waals surface area contributed by atoms with Gasteiger partial charge >= 0.3 is 0 Å². The standard InChI is InChI=1S/C23H27N5O2/c1-15-19(18-10-13-24-22(27-18)26-17-8-4-3-5-9-17)16(2)25-20(15)21(30)28-23(14-29)11-6-7-12-23/h3-5,8-10,13,25,29H,6-7,11-12,14H2,1-2H3,(H,28,30)(H,24,26,27). The van der Waals surface area contributed by atoms with Gasteiger partial charge in [-0.1, -0.05) is 31.0 Å². The molecule has 1 fully saturated rings. The molecule has 0 bridgehead atoms. The van der Waals surface area contributed by atoms with Crippen LogP contribution in [0.5, 0.6) is 0 Å². The third-order valence-corrected chi connectivity index (χ3v) is 5.85. The Morgan fingerprint density at radius 2 is 1.90 bits per heavy atom. The van der Waals surface area contributed by atoms with Gasteiger partial charge < -0.3 is 20.7 Å².